The zero-order valence-corrected chi connectivity index (χ0v) is 18.6. The first-order valence-corrected chi connectivity index (χ1v) is 10.7. The van der Waals surface area contributed by atoms with Gasteiger partial charge in [-0.3, -0.25) is 4.79 Å². The minimum Gasteiger partial charge on any atom is -0.493 e. The molecule has 168 valence electrons. The molecule has 1 atom stereocenters. The lowest BCUT2D eigenvalue weighted by molar-refractivity contribution is -0.128. The predicted octanol–water partition coefficient (Wildman–Crippen LogP) is 4.84. The Morgan fingerprint density at radius 1 is 1.25 bits per heavy atom. The summed E-state index contributed by atoms with van der Waals surface area (Å²) in [6.07, 6.45) is 1.16. The number of amides is 1. The fraction of sp³-hybridized carbons (Fsp3) is 0.348. The van der Waals surface area contributed by atoms with E-state index in [1.54, 1.807) is 24.1 Å². The number of hydrogen-bond acceptors (Lipinski definition) is 6. The van der Waals surface area contributed by atoms with Crippen LogP contribution in [0.2, 0.25) is 5.02 Å². The van der Waals surface area contributed by atoms with Gasteiger partial charge in [-0.1, -0.05) is 29.7 Å². The molecule has 2 heterocycles. The molecule has 1 aliphatic rings. The van der Waals surface area contributed by atoms with Crippen molar-refractivity contribution in [1.82, 2.24) is 15.0 Å². The summed E-state index contributed by atoms with van der Waals surface area (Å²) >= 11 is 5.85. The van der Waals surface area contributed by atoms with Gasteiger partial charge < -0.3 is 18.9 Å². The van der Waals surface area contributed by atoms with Gasteiger partial charge in [0.25, 0.3) is 0 Å². The number of ether oxygens (including phenoxy) is 2. The fourth-order valence-electron chi connectivity index (χ4n) is 3.61. The second-order valence-corrected chi connectivity index (χ2v) is 8.00. The van der Waals surface area contributed by atoms with Crippen molar-refractivity contribution in [1.29, 1.82) is 0 Å². The Balaban J connectivity index is 1.46. The van der Waals surface area contributed by atoms with Crippen LogP contribution in [0, 0.1) is 5.82 Å². The van der Waals surface area contributed by atoms with E-state index in [0.29, 0.717) is 42.9 Å². The van der Waals surface area contributed by atoms with Crippen molar-refractivity contribution in [2.24, 2.45) is 0 Å². The highest BCUT2D eigenvalue weighted by molar-refractivity contribution is 6.30. The molecule has 0 N–H and O–H groups in total. The maximum absolute atomic E-state index is 13.4. The average Bonchev–Trinajstić information content (AvgIpc) is 3.42. The first kappa shape index (κ1) is 22.1. The van der Waals surface area contributed by atoms with Gasteiger partial charge in [-0.05, 0) is 42.3 Å². The van der Waals surface area contributed by atoms with Crippen LogP contribution in [-0.4, -0.2) is 41.2 Å². The van der Waals surface area contributed by atoms with Crippen LogP contribution < -0.4 is 9.47 Å². The summed E-state index contributed by atoms with van der Waals surface area (Å²) in [6, 6.07) is 9.90. The molecule has 0 bridgehead atoms. The lowest BCUT2D eigenvalue weighted by Crippen LogP contribution is -2.24. The smallest absolute Gasteiger partial charge is 0.232 e. The number of hydrogen-bond donors (Lipinski definition) is 0. The van der Waals surface area contributed by atoms with E-state index in [1.165, 1.54) is 12.1 Å². The van der Waals surface area contributed by atoms with Crippen molar-refractivity contribution >= 4 is 17.5 Å². The summed E-state index contributed by atoms with van der Waals surface area (Å²) in [5.41, 5.74) is 1.48. The summed E-state index contributed by atoms with van der Waals surface area (Å²) in [7, 11) is 1.58. The van der Waals surface area contributed by atoms with E-state index in [-0.39, 0.29) is 23.3 Å². The van der Waals surface area contributed by atoms with E-state index in [1.807, 2.05) is 19.1 Å². The normalized spacial score (nSPS) is 15.9. The van der Waals surface area contributed by atoms with Crippen molar-refractivity contribution in [3.8, 4) is 22.9 Å². The van der Waals surface area contributed by atoms with Gasteiger partial charge in [0.15, 0.2) is 11.5 Å². The number of carbonyl (C=O) groups excluding carboxylic acids is 1. The monoisotopic (exact) mass is 459 g/mol. The van der Waals surface area contributed by atoms with Crippen molar-refractivity contribution in [2.45, 2.75) is 32.2 Å². The Hall–Kier alpha value is -3.13. The molecule has 0 spiro atoms. The first-order valence-electron chi connectivity index (χ1n) is 10.3. The summed E-state index contributed by atoms with van der Waals surface area (Å²) in [6.45, 7) is 3.40. The van der Waals surface area contributed by atoms with Gasteiger partial charge in [-0.2, -0.15) is 4.98 Å². The third kappa shape index (κ3) is 4.70. The van der Waals surface area contributed by atoms with Gasteiger partial charge in [0.05, 0.1) is 24.7 Å². The molecular formula is C23H23ClFN3O4. The Labute approximate surface area is 190 Å². The molecule has 7 nitrogen and oxygen atoms in total. The number of nitrogens with zero attached hydrogens (tertiary/aromatic N) is 3. The molecular weight excluding hydrogens is 437 g/mol. The summed E-state index contributed by atoms with van der Waals surface area (Å²) in [4.78, 5) is 18.7. The lowest BCUT2D eigenvalue weighted by Gasteiger charge is -2.16. The van der Waals surface area contributed by atoms with Gasteiger partial charge in [0, 0.05) is 25.1 Å². The number of halogens is 2. The molecule has 1 unspecified atom stereocenters. The lowest BCUT2D eigenvalue weighted by atomic mass is 10.1. The van der Waals surface area contributed by atoms with Gasteiger partial charge in [-0.15, -0.1) is 0 Å². The average molecular weight is 460 g/mol. The second kappa shape index (κ2) is 9.56. The number of carbonyl (C=O) groups is 1. The number of aromatic nitrogens is 2. The standard InChI is InChI=1S/C23H23ClFN3O4/c1-3-8-31-19-7-5-15(10-20(19)30-2)22-26-23(32-27-22)16-11-21(29)28(13-16)12-14-4-6-18(25)17(24)9-14/h4-7,9-10,16H,3,8,11-13H2,1-2H3. The van der Waals surface area contributed by atoms with Crippen LogP contribution in [0.5, 0.6) is 11.5 Å². The van der Waals surface area contributed by atoms with E-state index < -0.39 is 5.82 Å². The van der Waals surface area contributed by atoms with E-state index >= 15 is 0 Å². The van der Waals surface area contributed by atoms with Crippen LogP contribution in [0.25, 0.3) is 11.4 Å². The number of methoxy groups -OCH3 is 1. The van der Waals surface area contributed by atoms with Crippen molar-refractivity contribution in [2.75, 3.05) is 20.3 Å². The number of rotatable bonds is 8. The molecule has 9 heteroatoms. The molecule has 0 aliphatic carbocycles. The molecule has 1 amide bonds. The number of benzene rings is 2. The Morgan fingerprint density at radius 3 is 2.84 bits per heavy atom. The van der Waals surface area contributed by atoms with Gasteiger partial charge in [0.2, 0.25) is 17.6 Å². The highest BCUT2D eigenvalue weighted by Crippen LogP contribution is 2.34. The van der Waals surface area contributed by atoms with Crippen LogP contribution in [0.15, 0.2) is 40.9 Å². The van der Waals surface area contributed by atoms with E-state index in [4.69, 9.17) is 25.6 Å². The van der Waals surface area contributed by atoms with E-state index in [0.717, 1.165) is 17.5 Å². The van der Waals surface area contributed by atoms with E-state index in [9.17, 15) is 9.18 Å². The fourth-order valence-corrected chi connectivity index (χ4v) is 3.81. The van der Waals surface area contributed by atoms with Crippen molar-refractivity contribution < 1.29 is 23.2 Å². The minimum absolute atomic E-state index is 0.0331. The van der Waals surface area contributed by atoms with Crippen LogP contribution in [0.3, 0.4) is 0 Å². The quantitative estimate of drug-likeness (QED) is 0.479. The molecule has 0 radical (unpaired) electrons. The van der Waals surface area contributed by atoms with Crippen molar-refractivity contribution in [3.63, 3.8) is 0 Å². The predicted molar refractivity (Wildman–Crippen MR) is 116 cm³/mol. The van der Waals surface area contributed by atoms with Gasteiger partial charge in [0.1, 0.15) is 5.82 Å². The maximum atomic E-state index is 13.4. The Morgan fingerprint density at radius 2 is 2.09 bits per heavy atom. The van der Waals surface area contributed by atoms with Gasteiger partial charge >= 0.3 is 0 Å². The van der Waals surface area contributed by atoms with E-state index in [2.05, 4.69) is 10.1 Å². The third-order valence-corrected chi connectivity index (χ3v) is 5.54. The SMILES string of the molecule is CCCOc1ccc(-c2noc(C3CC(=O)N(Cc4ccc(F)c(Cl)c4)C3)n2)cc1OC. The molecule has 3 aromatic rings. The van der Waals surface area contributed by atoms with Gasteiger partial charge in [-0.25, -0.2) is 4.39 Å². The summed E-state index contributed by atoms with van der Waals surface area (Å²) < 4.78 is 30.0. The van der Waals surface area contributed by atoms with Crippen molar-refractivity contribution in [3.05, 3.63) is 58.7 Å². The molecule has 0 saturated carbocycles. The molecule has 1 fully saturated rings. The summed E-state index contributed by atoms with van der Waals surface area (Å²) in [5.74, 6) is 1.32. The molecule has 4 rings (SSSR count). The molecule has 1 aromatic heterocycles. The highest BCUT2D eigenvalue weighted by atomic mass is 35.5. The third-order valence-electron chi connectivity index (χ3n) is 5.25. The maximum Gasteiger partial charge on any atom is 0.232 e. The Kier molecular flexibility index (Phi) is 6.60. The van der Waals surface area contributed by atoms with Crippen LogP contribution in [0.1, 0.15) is 37.1 Å². The summed E-state index contributed by atoms with van der Waals surface area (Å²) in [5, 5.41) is 4.12. The van der Waals surface area contributed by atoms with Crippen LogP contribution in [-0.2, 0) is 11.3 Å². The molecule has 1 aliphatic heterocycles. The zero-order chi connectivity index (χ0) is 22.7. The van der Waals surface area contributed by atoms with Crippen LogP contribution >= 0.6 is 11.6 Å². The second-order valence-electron chi connectivity index (χ2n) is 7.59. The molecule has 2 aromatic carbocycles. The molecule has 1 saturated heterocycles. The van der Waals surface area contributed by atoms with Crippen LogP contribution in [0.4, 0.5) is 4.39 Å². The zero-order valence-electron chi connectivity index (χ0n) is 17.8. The highest BCUT2D eigenvalue weighted by Gasteiger charge is 2.34. The molecule has 32 heavy (non-hydrogen) atoms. The topological polar surface area (TPSA) is 77.7 Å². The Bertz CT molecular complexity index is 1120. The first-order chi connectivity index (χ1) is 15.5. The minimum atomic E-state index is -0.485. The largest absolute Gasteiger partial charge is 0.493 e. The number of likely N-dealkylation sites (tertiary alicyclic amines) is 1.